The molecule has 2 N–H and O–H groups in total. The van der Waals surface area contributed by atoms with Crippen LogP contribution in [0.2, 0.25) is 0 Å². The Labute approximate surface area is 99.6 Å². The molecule has 2 heterocycles. The minimum absolute atomic E-state index is 0. The molecular weight excluding hydrogens is 232 g/mol. The van der Waals surface area contributed by atoms with Crippen molar-refractivity contribution < 1.29 is 14.4 Å². The Kier molecular flexibility index (Phi) is 4.76. The van der Waals surface area contributed by atoms with Gasteiger partial charge in [0.1, 0.15) is 0 Å². The SMILES string of the molecule is Cl.O=C(O)c1cc(CC2CCNCC2)no1. The van der Waals surface area contributed by atoms with Crippen molar-refractivity contribution in [3.05, 3.63) is 17.5 Å². The standard InChI is InChI=1S/C10H14N2O3.ClH/c13-10(14)9-6-8(12-15-9)5-7-1-3-11-4-2-7;/h6-7,11H,1-5H2,(H,13,14);1H. The topological polar surface area (TPSA) is 75.4 Å². The molecule has 5 nitrogen and oxygen atoms in total. The van der Waals surface area contributed by atoms with Gasteiger partial charge >= 0.3 is 5.97 Å². The number of halogens is 1. The lowest BCUT2D eigenvalue weighted by molar-refractivity contribution is 0.0652. The van der Waals surface area contributed by atoms with Crippen LogP contribution in [0, 0.1) is 5.92 Å². The molecule has 1 aromatic rings. The molecular formula is C10H15ClN2O3. The van der Waals surface area contributed by atoms with Gasteiger partial charge < -0.3 is 14.9 Å². The first-order valence-electron chi connectivity index (χ1n) is 5.15. The first kappa shape index (κ1) is 13.0. The van der Waals surface area contributed by atoms with E-state index < -0.39 is 5.97 Å². The highest BCUT2D eigenvalue weighted by molar-refractivity contribution is 5.85. The zero-order valence-electron chi connectivity index (χ0n) is 8.81. The van der Waals surface area contributed by atoms with Crippen LogP contribution in [-0.2, 0) is 6.42 Å². The first-order chi connectivity index (χ1) is 7.25. The lowest BCUT2D eigenvalue weighted by Crippen LogP contribution is -2.28. The maximum absolute atomic E-state index is 10.6. The number of hydrogen-bond acceptors (Lipinski definition) is 4. The Bertz CT molecular complexity index is 348. The van der Waals surface area contributed by atoms with Crippen molar-refractivity contribution in [3.63, 3.8) is 0 Å². The molecule has 0 aromatic carbocycles. The van der Waals surface area contributed by atoms with Crippen molar-refractivity contribution >= 4 is 18.4 Å². The molecule has 0 spiro atoms. The van der Waals surface area contributed by atoms with Gasteiger partial charge in [0, 0.05) is 6.07 Å². The second-order valence-electron chi connectivity index (χ2n) is 3.89. The first-order valence-corrected chi connectivity index (χ1v) is 5.15. The van der Waals surface area contributed by atoms with E-state index in [1.165, 1.54) is 6.07 Å². The van der Waals surface area contributed by atoms with E-state index in [1.54, 1.807) is 0 Å². The zero-order valence-corrected chi connectivity index (χ0v) is 9.63. The molecule has 1 aliphatic rings. The third-order valence-electron chi connectivity index (χ3n) is 2.73. The van der Waals surface area contributed by atoms with Gasteiger partial charge in [-0.3, -0.25) is 0 Å². The summed E-state index contributed by atoms with van der Waals surface area (Å²) in [5, 5.41) is 15.7. The molecule has 0 unspecified atom stereocenters. The number of carbonyl (C=O) groups is 1. The van der Waals surface area contributed by atoms with Gasteiger partial charge in [-0.15, -0.1) is 12.4 Å². The number of nitrogens with zero attached hydrogens (tertiary/aromatic N) is 1. The fraction of sp³-hybridized carbons (Fsp3) is 0.600. The summed E-state index contributed by atoms with van der Waals surface area (Å²) in [6.45, 7) is 2.07. The Morgan fingerprint density at radius 3 is 2.81 bits per heavy atom. The van der Waals surface area contributed by atoms with Gasteiger partial charge in [-0.2, -0.15) is 0 Å². The number of carboxylic acids is 1. The molecule has 16 heavy (non-hydrogen) atoms. The summed E-state index contributed by atoms with van der Waals surface area (Å²) >= 11 is 0. The van der Waals surface area contributed by atoms with Gasteiger partial charge in [-0.1, -0.05) is 5.16 Å². The summed E-state index contributed by atoms with van der Waals surface area (Å²) in [5.74, 6) is -0.531. The predicted octanol–water partition coefficient (Wildman–Crippen LogP) is 1.34. The van der Waals surface area contributed by atoms with Crippen molar-refractivity contribution in [2.24, 2.45) is 5.92 Å². The summed E-state index contributed by atoms with van der Waals surface area (Å²) in [4.78, 5) is 10.6. The number of rotatable bonds is 3. The molecule has 1 saturated heterocycles. The van der Waals surface area contributed by atoms with Gasteiger partial charge in [0.15, 0.2) is 0 Å². The van der Waals surface area contributed by atoms with Crippen molar-refractivity contribution in [1.82, 2.24) is 10.5 Å². The molecule has 1 fully saturated rings. The van der Waals surface area contributed by atoms with Gasteiger partial charge in [0.25, 0.3) is 0 Å². The summed E-state index contributed by atoms with van der Waals surface area (Å²) in [6.07, 6.45) is 3.06. The van der Waals surface area contributed by atoms with E-state index in [4.69, 9.17) is 9.63 Å². The van der Waals surface area contributed by atoms with Gasteiger partial charge in [-0.25, -0.2) is 4.79 Å². The fourth-order valence-corrected chi connectivity index (χ4v) is 1.89. The third-order valence-corrected chi connectivity index (χ3v) is 2.73. The summed E-state index contributed by atoms with van der Waals surface area (Å²) in [5.41, 5.74) is 0.749. The molecule has 0 saturated carbocycles. The van der Waals surface area contributed by atoms with Crippen LogP contribution < -0.4 is 5.32 Å². The van der Waals surface area contributed by atoms with Crippen LogP contribution in [0.5, 0.6) is 0 Å². The van der Waals surface area contributed by atoms with E-state index >= 15 is 0 Å². The van der Waals surface area contributed by atoms with E-state index in [-0.39, 0.29) is 18.2 Å². The molecule has 1 aromatic heterocycles. The summed E-state index contributed by atoms with van der Waals surface area (Å²) < 4.78 is 4.70. The Hall–Kier alpha value is -1.07. The van der Waals surface area contributed by atoms with Crippen molar-refractivity contribution in [2.45, 2.75) is 19.3 Å². The highest BCUT2D eigenvalue weighted by atomic mass is 35.5. The van der Waals surface area contributed by atoms with Crippen molar-refractivity contribution in [1.29, 1.82) is 0 Å². The highest BCUT2D eigenvalue weighted by Gasteiger charge is 2.17. The number of carboxylic acid groups (broad SMARTS) is 1. The minimum Gasteiger partial charge on any atom is -0.475 e. The average molecular weight is 247 g/mol. The molecule has 0 atom stereocenters. The van der Waals surface area contributed by atoms with Crippen LogP contribution in [0.15, 0.2) is 10.6 Å². The highest BCUT2D eigenvalue weighted by Crippen LogP contribution is 2.17. The quantitative estimate of drug-likeness (QED) is 0.842. The number of aromatic nitrogens is 1. The van der Waals surface area contributed by atoms with E-state index in [2.05, 4.69) is 10.5 Å². The van der Waals surface area contributed by atoms with Gasteiger partial charge in [0.05, 0.1) is 5.69 Å². The number of aromatic carboxylic acids is 1. The largest absolute Gasteiger partial charge is 0.475 e. The second kappa shape index (κ2) is 5.86. The minimum atomic E-state index is -1.06. The maximum Gasteiger partial charge on any atom is 0.374 e. The van der Waals surface area contributed by atoms with Gasteiger partial charge in [0.2, 0.25) is 5.76 Å². The molecule has 90 valence electrons. The van der Waals surface area contributed by atoms with Crippen LogP contribution >= 0.6 is 12.4 Å². The van der Waals surface area contributed by atoms with E-state index in [0.717, 1.165) is 38.0 Å². The summed E-state index contributed by atoms with van der Waals surface area (Å²) in [6, 6.07) is 1.52. The van der Waals surface area contributed by atoms with Crippen LogP contribution in [0.4, 0.5) is 0 Å². The lowest BCUT2D eigenvalue weighted by Gasteiger charge is -2.21. The second-order valence-corrected chi connectivity index (χ2v) is 3.89. The van der Waals surface area contributed by atoms with E-state index in [0.29, 0.717) is 5.92 Å². The smallest absolute Gasteiger partial charge is 0.374 e. The number of piperidine rings is 1. The van der Waals surface area contributed by atoms with Crippen molar-refractivity contribution in [3.8, 4) is 0 Å². The monoisotopic (exact) mass is 246 g/mol. The number of hydrogen-bond donors (Lipinski definition) is 2. The normalized spacial score (nSPS) is 16.8. The molecule has 0 amide bonds. The van der Waals surface area contributed by atoms with Crippen LogP contribution in [0.25, 0.3) is 0 Å². The molecule has 1 aliphatic heterocycles. The predicted molar refractivity (Wildman–Crippen MR) is 60.0 cm³/mol. The lowest BCUT2D eigenvalue weighted by atomic mass is 9.93. The molecule has 0 radical (unpaired) electrons. The molecule has 0 aliphatic carbocycles. The third kappa shape index (κ3) is 3.21. The van der Waals surface area contributed by atoms with Crippen molar-refractivity contribution in [2.75, 3.05) is 13.1 Å². The molecule has 0 bridgehead atoms. The van der Waals surface area contributed by atoms with Crippen LogP contribution in [0.1, 0.15) is 29.1 Å². The van der Waals surface area contributed by atoms with Crippen LogP contribution in [-0.4, -0.2) is 29.3 Å². The Morgan fingerprint density at radius 1 is 1.56 bits per heavy atom. The number of nitrogens with one attached hydrogen (secondary N) is 1. The molecule has 6 heteroatoms. The van der Waals surface area contributed by atoms with E-state index in [1.807, 2.05) is 0 Å². The Morgan fingerprint density at radius 2 is 2.25 bits per heavy atom. The van der Waals surface area contributed by atoms with Crippen LogP contribution in [0.3, 0.4) is 0 Å². The maximum atomic E-state index is 10.6. The van der Waals surface area contributed by atoms with E-state index in [9.17, 15) is 4.79 Å². The Balaban J connectivity index is 0.00000128. The summed E-state index contributed by atoms with van der Waals surface area (Å²) in [7, 11) is 0. The average Bonchev–Trinajstić information content (AvgIpc) is 2.68. The van der Waals surface area contributed by atoms with Gasteiger partial charge in [-0.05, 0) is 38.3 Å². The fourth-order valence-electron chi connectivity index (χ4n) is 1.89. The molecule has 2 rings (SSSR count). The zero-order chi connectivity index (χ0) is 10.7.